The van der Waals surface area contributed by atoms with E-state index in [1.807, 2.05) is 36.5 Å². The van der Waals surface area contributed by atoms with Crippen molar-refractivity contribution in [2.75, 3.05) is 11.1 Å². The summed E-state index contributed by atoms with van der Waals surface area (Å²) in [4.78, 5) is 11.9. The molecule has 0 bridgehead atoms. The van der Waals surface area contributed by atoms with Crippen LogP contribution in [0, 0.1) is 0 Å². The van der Waals surface area contributed by atoms with Crippen LogP contribution in [0.2, 0.25) is 0 Å². The van der Waals surface area contributed by atoms with Gasteiger partial charge in [0.2, 0.25) is 0 Å². The number of halogens is 1. The topological polar surface area (TPSA) is 98.4 Å². The van der Waals surface area contributed by atoms with Gasteiger partial charge in [-0.3, -0.25) is 4.79 Å². The number of rotatable bonds is 4. The van der Waals surface area contributed by atoms with Crippen molar-refractivity contribution in [2.24, 2.45) is 5.73 Å². The lowest BCUT2D eigenvalue weighted by Crippen LogP contribution is -2.27. The maximum absolute atomic E-state index is 14.1. The average Bonchev–Trinajstić information content (AvgIpc) is 3.21. The van der Waals surface area contributed by atoms with Crippen LogP contribution in [0.5, 0.6) is 0 Å². The molecule has 0 aliphatic heterocycles. The first kappa shape index (κ1) is 16.4. The zero-order valence-electron chi connectivity index (χ0n) is 14.2. The van der Waals surface area contributed by atoms with Gasteiger partial charge in [-0.15, -0.1) is 0 Å². The number of nitrogens with two attached hydrogens (primary N) is 2. The third kappa shape index (κ3) is 2.85. The van der Waals surface area contributed by atoms with Crippen LogP contribution < -0.4 is 16.8 Å². The highest BCUT2D eigenvalue weighted by atomic mass is 19.1. The molecule has 5 N–H and O–H groups in total. The van der Waals surface area contributed by atoms with Crippen molar-refractivity contribution in [2.45, 2.75) is 31.5 Å². The SMILES string of the molecule is NC(=O)c1cnn2cc(-c3cccc(N)c3)cc2c1N[C@@H]1CCC[C@@H]1F. The van der Waals surface area contributed by atoms with Gasteiger partial charge in [0.15, 0.2) is 0 Å². The molecule has 1 aliphatic carbocycles. The Morgan fingerprint density at radius 1 is 1.27 bits per heavy atom. The molecular formula is C19H20FN5O. The van der Waals surface area contributed by atoms with Gasteiger partial charge < -0.3 is 16.8 Å². The van der Waals surface area contributed by atoms with E-state index in [0.29, 0.717) is 23.3 Å². The molecule has 0 spiro atoms. The van der Waals surface area contributed by atoms with E-state index in [-0.39, 0.29) is 11.6 Å². The summed E-state index contributed by atoms with van der Waals surface area (Å²) in [5.74, 6) is -0.595. The number of anilines is 2. The van der Waals surface area contributed by atoms with Crippen LogP contribution in [0.15, 0.2) is 42.7 Å². The number of hydrogen-bond acceptors (Lipinski definition) is 4. The summed E-state index contributed by atoms with van der Waals surface area (Å²) >= 11 is 0. The fraction of sp³-hybridized carbons (Fsp3) is 0.263. The summed E-state index contributed by atoms with van der Waals surface area (Å²) in [6.07, 6.45) is 4.40. The van der Waals surface area contributed by atoms with E-state index in [2.05, 4.69) is 10.4 Å². The second-order valence-electron chi connectivity index (χ2n) is 6.68. The Bertz CT molecular complexity index is 983. The third-order valence-electron chi connectivity index (χ3n) is 4.88. The normalized spacial score (nSPS) is 19.7. The average molecular weight is 353 g/mol. The Balaban J connectivity index is 1.83. The van der Waals surface area contributed by atoms with E-state index in [0.717, 1.165) is 24.0 Å². The highest BCUT2D eigenvalue weighted by molar-refractivity contribution is 6.02. The van der Waals surface area contributed by atoms with Crippen LogP contribution in [0.4, 0.5) is 15.8 Å². The Morgan fingerprint density at radius 3 is 2.81 bits per heavy atom. The molecule has 0 radical (unpaired) electrons. The lowest BCUT2D eigenvalue weighted by atomic mass is 10.1. The molecule has 26 heavy (non-hydrogen) atoms. The number of aromatic nitrogens is 2. The fourth-order valence-electron chi connectivity index (χ4n) is 3.53. The minimum atomic E-state index is -0.938. The number of fused-ring (bicyclic) bond motifs is 1. The highest BCUT2D eigenvalue weighted by Gasteiger charge is 2.28. The minimum absolute atomic E-state index is 0.258. The van der Waals surface area contributed by atoms with Crippen LogP contribution in [0.25, 0.3) is 16.6 Å². The number of carbonyl (C=O) groups excluding carboxylic acids is 1. The number of carbonyl (C=O) groups is 1. The lowest BCUT2D eigenvalue weighted by Gasteiger charge is -2.19. The number of nitrogens with one attached hydrogen (secondary N) is 1. The molecular weight excluding hydrogens is 333 g/mol. The number of primary amides is 1. The Morgan fingerprint density at radius 2 is 2.12 bits per heavy atom. The molecule has 2 atom stereocenters. The van der Waals surface area contributed by atoms with E-state index in [9.17, 15) is 9.18 Å². The van der Waals surface area contributed by atoms with Crippen LogP contribution >= 0.6 is 0 Å². The molecule has 1 saturated carbocycles. The van der Waals surface area contributed by atoms with Crippen LogP contribution in [0.1, 0.15) is 29.6 Å². The van der Waals surface area contributed by atoms with Gasteiger partial charge in [-0.1, -0.05) is 12.1 Å². The molecule has 6 nitrogen and oxygen atoms in total. The van der Waals surface area contributed by atoms with Gasteiger partial charge in [-0.2, -0.15) is 5.10 Å². The van der Waals surface area contributed by atoms with Crippen LogP contribution in [-0.4, -0.2) is 27.7 Å². The first-order valence-corrected chi connectivity index (χ1v) is 8.60. The van der Waals surface area contributed by atoms with Crippen LogP contribution in [0.3, 0.4) is 0 Å². The molecule has 0 unspecified atom stereocenters. The Labute approximate surface area is 150 Å². The van der Waals surface area contributed by atoms with Crippen molar-refractivity contribution in [3.8, 4) is 11.1 Å². The molecule has 3 aromatic rings. The van der Waals surface area contributed by atoms with E-state index in [4.69, 9.17) is 11.5 Å². The van der Waals surface area contributed by atoms with Gasteiger partial charge in [0.05, 0.1) is 29.0 Å². The summed E-state index contributed by atoms with van der Waals surface area (Å²) in [6, 6.07) is 9.08. The number of nitrogens with zero attached hydrogens (tertiary/aromatic N) is 2. The second-order valence-corrected chi connectivity index (χ2v) is 6.68. The first-order chi connectivity index (χ1) is 12.5. The summed E-state index contributed by atoms with van der Waals surface area (Å²) in [6.45, 7) is 0. The van der Waals surface area contributed by atoms with Gasteiger partial charge in [0.25, 0.3) is 5.91 Å². The molecule has 4 rings (SSSR count). The van der Waals surface area contributed by atoms with Crippen molar-refractivity contribution in [3.63, 3.8) is 0 Å². The quantitative estimate of drug-likeness (QED) is 0.628. The van der Waals surface area contributed by atoms with Crippen molar-refractivity contribution >= 4 is 22.8 Å². The summed E-state index contributed by atoms with van der Waals surface area (Å²) in [5.41, 5.74) is 15.3. The van der Waals surface area contributed by atoms with Gasteiger partial charge in [0, 0.05) is 17.4 Å². The van der Waals surface area contributed by atoms with Gasteiger partial charge in [-0.25, -0.2) is 8.91 Å². The van der Waals surface area contributed by atoms with Crippen molar-refractivity contribution in [1.29, 1.82) is 0 Å². The van der Waals surface area contributed by atoms with Gasteiger partial charge in [0.1, 0.15) is 6.17 Å². The zero-order chi connectivity index (χ0) is 18.3. The Hall–Kier alpha value is -3.09. The van der Waals surface area contributed by atoms with E-state index in [1.54, 1.807) is 4.52 Å². The molecule has 1 amide bonds. The van der Waals surface area contributed by atoms with Crippen molar-refractivity contribution in [1.82, 2.24) is 9.61 Å². The number of amides is 1. The standard InChI is InChI=1S/C19H20FN5O/c20-15-5-2-6-16(15)24-18-14(19(22)26)9-23-25-10-12(8-17(18)25)11-3-1-4-13(21)7-11/h1,3-4,7-10,15-16,24H,2,5-6,21H2,(H2,22,26)/t15-,16+/m0/s1. The highest BCUT2D eigenvalue weighted by Crippen LogP contribution is 2.32. The van der Waals surface area contributed by atoms with E-state index < -0.39 is 12.1 Å². The third-order valence-corrected chi connectivity index (χ3v) is 4.88. The van der Waals surface area contributed by atoms with Gasteiger partial charge in [-0.05, 0) is 43.0 Å². The maximum Gasteiger partial charge on any atom is 0.252 e. The number of nitrogen functional groups attached to an aromatic ring is 1. The summed E-state index contributed by atoms with van der Waals surface area (Å²) in [5, 5.41) is 7.47. The predicted octanol–water partition coefficient (Wildman–Crippen LogP) is 2.98. The summed E-state index contributed by atoms with van der Waals surface area (Å²) in [7, 11) is 0. The van der Waals surface area contributed by atoms with Crippen molar-refractivity contribution in [3.05, 3.63) is 48.3 Å². The number of alkyl halides is 1. The van der Waals surface area contributed by atoms with Crippen LogP contribution in [-0.2, 0) is 0 Å². The first-order valence-electron chi connectivity index (χ1n) is 8.60. The number of benzene rings is 1. The lowest BCUT2D eigenvalue weighted by molar-refractivity contribution is 0.100. The minimum Gasteiger partial charge on any atom is -0.399 e. The van der Waals surface area contributed by atoms with Crippen molar-refractivity contribution < 1.29 is 9.18 Å². The smallest absolute Gasteiger partial charge is 0.252 e. The summed E-state index contributed by atoms with van der Waals surface area (Å²) < 4.78 is 15.8. The molecule has 134 valence electrons. The molecule has 1 fully saturated rings. The largest absolute Gasteiger partial charge is 0.399 e. The molecule has 2 aromatic heterocycles. The number of hydrogen-bond donors (Lipinski definition) is 3. The fourth-order valence-corrected chi connectivity index (χ4v) is 3.53. The maximum atomic E-state index is 14.1. The monoisotopic (exact) mass is 353 g/mol. The van der Waals surface area contributed by atoms with E-state index in [1.165, 1.54) is 6.20 Å². The zero-order valence-corrected chi connectivity index (χ0v) is 14.2. The molecule has 1 aliphatic rings. The van der Waals surface area contributed by atoms with E-state index >= 15 is 0 Å². The second kappa shape index (κ2) is 6.33. The molecule has 0 saturated heterocycles. The predicted molar refractivity (Wildman–Crippen MR) is 99.7 cm³/mol. The molecule has 1 aromatic carbocycles. The van der Waals surface area contributed by atoms with Gasteiger partial charge >= 0.3 is 0 Å². The Kier molecular flexibility index (Phi) is 3.99. The molecule has 7 heteroatoms. The molecule has 2 heterocycles.